The zero-order valence-corrected chi connectivity index (χ0v) is 22.8. The fourth-order valence-corrected chi connectivity index (χ4v) is 4.96. The zero-order chi connectivity index (χ0) is 30.8. The summed E-state index contributed by atoms with van der Waals surface area (Å²) < 4.78 is 25.8. The summed E-state index contributed by atoms with van der Waals surface area (Å²) in [5, 5.41) is 2.29. The number of fused-ring (bicyclic) bond motifs is 1. The molecule has 0 saturated carbocycles. The molecular weight excluding hydrogens is 547 g/mol. The van der Waals surface area contributed by atoms with Crippen LogP contribution in [0.1, 0.15) is 17.4 Å². The number of hydrogen-bond donors (Lipinski definition) is 1. The van der Waals surface area contributed by atoms with Gasteiger partial charge in [0, 0.05) is 39.6 Å². The first kappa shape index (κ1) is 30.6. The average molecular weight is 560 g/mol. The van der Waals surface area contributed by atoms with Crippen LogP contribution < -0.4 is 9.64 Å². The van der Waals surface area contributed by atoms with Crippen molar-refractivity contribution in [1.82, 2.24) is 19.9 Å². The Bertz CT molecular complexity index is 1670. The van der Waals surface area contributed by atoms with Gasteiger partial charge in [0.1, 0.15) is 55.3 Å². The van der Waals surface area contributed by atoms with Gasteiger partial charge in [-0.05, 0) is 51.8 Å². The van der Waals surface area contributed by atoms with Gasteiger partial charge in [-0.2, -0.15) is 0 Å². The van der Waals surface area contributed by atoms with Crippen molar-refractivity contribution in [2.24, 2.45) is 0 Å². The largest absolute Gasteiger partial charge is 0.480 e. The molecule has 42 heavy (non-hydrogen) atoms. The second kappa shape index (κ2) is 10.4. The number of nitrogens with zero attached hydrogens (tertiary/aromatic N) is 5. The van der Waals surface area contributed by atoms with Crippen LogP contribution >= 0.6 is 11.6 Å². The Balaban J connectivity index is 1.64. The third-order valence-corrected chi connectivity index (χ3v) is 7.31. The highest BCUT2D eigenvalue weighted by atomic mass is 35.5. The van der Waals surface area contributed by atoms with E-state index in [4.69, 9.17) is 83.8 Å². The molecule has 4 aromatic rings. The molecule has 1 aliphatic rings. The molecule has 1 atom stereocenters. The normalized spacial score (nSPS) is 19.3. The van der Waals surface area contributed by atoms with Crippen molar-refractivity contribution in [2.45, 2.75) is 27.6 Å². The third kappa shape index (κ3) is 4.74. The first-order valence-corrected chi connectivity index (χ1v) is 12.5. The molecule has 1 aliphatic heterocycles. The second-order valence-corrected chi connectivity index (χ2v) is 10.2. The van der Waals surface area contributed by atoms with Gasteiger partial charge in [0.25, 0.3) is 0 Å². The predicted molar refractivity (Wildman–Crippen MR) is 163 cm³/mol. The van der Waals surface area contributed by atoms with Gasteiger partial charge in [0.2, 0.25) is 5.88 Å². The Morgan fingerprint density at radius 1 is 0.929 bits per heavy atom. The van der Waals surface area contributed by atoms with E-state index < -0.39 is 33.4 Å². The molecule has 18 heteroatoms. The SMILES string of the molecule is [B]C1([B])OC([B])([B])C([B])([B])N(c2ccc3c(-c4cc(C(O)c5nccnc5OC)c(Cl)cc4F)ncnc3c2)C1([B])[B]. The number of ether oxygens (including phenoxy) is 2. The van der Waals surface area contributed by atoms with Gasteiger partial charge >= 0.3 is 0 Å². The van der Waals surface area contributed by atoms with E-state index in [1.807, 2.05) is 0 Å². The highest BCUT2D eigenvalue weighted by molar-refractivity contribution is 6.61. The summed E-state index contributed by atoms with van der Waals surface area (Å²) in [5.74, 6) is -0.655. The highest BCUT2D eigenvalue weighted by Crippen LogP contribution is 2.44. The van der Waals surface area contributed by atoms with Crippen LogP contribution in [0.3, 0.4) is 0 Å². The summed E-state index contributed by atoms with van der Waals surface area (Å²) in [6.45, 7) is 0. The van der Waals surface area contributed by atoms with E-state index in [2.05, 4.69) is 19.9 Å². The summed E-state index contributed by atoms with van der Waals surface area (Å²) >= 11 is 6.33. The van der Waals surface area contributed by atoms with Crippen LogP contribution in [0.2, 0.25) is 5.02 Å². The van der Waals surface area contributed by atoms with Crippen molar-refractivity contribution in [3.63, 3.8) is 0 Å². The molecule has 1 fully saturated rings. The molecule has 1 N–H and O–H groups in total. The Morgan fingerprint density at radius 2 is 1.57 bits per heavy atom. The maximum absolute atomic E-state index is 15.4. The predicted octanol–water partition coefficient (Wildman–Crippen LogP) is -0.231. The highest BCUT2D eigenvalue weighted by Gasteiger charge is 2.56. The standard InChI is InChI=1S/C24H13B8ClFN5O3/c1-41-20-18(35-4-5-36-20)19(40)12-7-13(15(34)8-14(12)33)17-11-3-2-10(6-16(11)37-9-38-17)39-21(25,26)23(29,30)42-24(31,32)22(39,27)28/h2-9,19,40H,1H3. The second-order valence-electron chi connectivity index (χ2n) is 9.81. The summed E-state index contributed by atoms with van der Waals surface area (Å²) in [7, 11) is 50.4. The molecule has 0 amide bonds. The smallest absolute Gasteiger partial charge is 0.238 e. The van der Waals surface area contributed by atoms with E-state index in [-0.39, 0.29) is 44.6 Å². The Hall–Kier alpha value is -2.88. The molecule has 0 aliphatic carbocycles. The van der Waals surface area contributed by atoms with Crippen LogP contribution in [0.5, 0.6) is 5.88 Å². The molecule has 3 heterocycles. The van der Waals surface area contributed by atoms with Gasteiger partial charge in [-0.1, -0.05) is 11.6 Å². The summed E-state index contributed by atoms with van der Waals surface area (Å²) in [5.41, 5.74) is 0.760. The van der Waals surface area contributed by atoms with Crippen LogP contribution in [-0.4, -0.2) is 116 Å². The van der Waals surface area contributed by atoms with E-state index in [9.17, 15) is 5.11 Å². The number of aromatic nitrogens is 4. The molecule has 8 nitrogen and oxygen atoms in total. The number of aliphatic hydroxyl groups is 1. The maximum Gasteiger partial charge on any atom is 0.238 e. The number of rotatable bonds is 5. The number of morpholine rings is 1. The number of benzene rings is 2. The van der Waals surface area contributed by atoms with Crippen LogP contribution in [0.25, 0.3) is 22.2 Å². The Kier molecular flexibility index (Phi) is 7.56. The molecule has 190 valence electrons. The molecular formula is C24H13B8ClFN5O3. The van der Waals surface area contributed by atoms with Crippen LogP contribution in [0.15, 0.2) is 49.1 Å². The molecule has 0 spiro atoms. The van der Waals surface area contributed by atoms with E-state index in [1.165, 1.54) is 50.1 Å². The van der Waals surface area contributed by atoms with Crippen LogP contribution in [0.4, 0.5) is 10.1 Å². The van der Waals surface area contributed by atoms with Gasteiger partial charge in [0.15, 0.2) is 0 Å². The number of hydrogen-bond acceptors (Lipinski definition) is 8. The first-order valence-electron chi connectivity index (χ1n) is 12.1. The van der Waals surface area contributed by atoms with Crippen molar-refractivity contribution in [1.29, 1.82) is 0 Å². The number of halogens is 2. The van der Waals surface area contributed by atoms with Gasteiger partial charge in [0.05, 0.1) is 49.7 Å². The quantitative estimate of drug-likeness (QED) is 0.335. The molecule has 1 saturated heterocycles. The summed E-state index contributed by atoms with van der Waals surface area (Å²) in [6.07, 6.45) is 2.55. The van der Waals surface area contributed by atoms with Gasteiger partial charge in [-0.25, -0.2) is 19.3 Å². The number of methoxy groups -OCH3 is 1. The minimum Gasteiger partial charge on any atom is -0.480 e. The molecule has 0 bridgehead atoms. The van der Waals surface area contributed by atoms with E-state index in [1.54, 1.807) is 0 Å². The van der Waals surface area contributed by atoms with Gasteiger partial charge in [-0.3, -0.25) is 4.98 Å². The van der Waals surface area contributed by atoms with Gasteiger partial charge < -0.3 is 19.5 Å². The molecule has 16 radical (unpaired) electrons. The monoisotopic (exact) mass is 561 g/mol. The lowest BCUT2D eigenvalue weighted by atomic mass is 9.30. The molecule has 2 aromatic carbocycles. The summed E-state index contributed by atoms with van der Waals surface area (Å²) in [6, 6.07) is 6.87. The lowest BCUT2D eigenvalue weighted by molar-refractivity contribution is -0.0253. The van der Waals surface area contributed by atoms with E-state index in [0.717, 1.165) is 11.0 Å². The fraction of sp³-hybridized carbons (Fsp3) is 0.250. The first-order chi connectivity index (χ1) is 19.5. The van der Waals surface area contributed by atoms with Gasteiger partial charge in [-0.15, -0.1) is 0 Å². The summed E-state index contributed by atoms with van der Waals surface area (Å²) in [4.78, 5) is 17.7. The molecule has 2 aromatic heterocycles. The van der Waals surface area contributed by atoms with Crippen molar-refractivity contribution in [3.05, 3.63) is 71.2 Å². The minimum atomic E-state index is -2.32. The average Bonchev–Trinajstić information content (AvgIpc) is 2.91. The lowest BCUT2D eigenvalue weighted by Crippen LogP contribution is -2.86. The van der Waals surface area contributed by atoms with E-state index in [0.29, 0.717) is 5.39 Å². The fourth-order valence-electron chi connectivity index (χ4n) is 4.71. The minimum absolute atomic E-state index is 0.00677. The molecule has 1 unspecified atom stereocenters. The van der Waals surface area contributed by atoms with Crippen LogP contribution in [0, 0.1) is 5.82 Å². The van der Waals surface area contributed by atoms with Crippen molar-refractivity contribution < 1.29 is 19.0 Å². The maximum atomic E-state index is 15.4. The van der Waals surface area contributed by atoms with Crippen molar-refractivity contribution >= 4 is 91.0 Å². The Labute approximate surface area is 257 Å². The van der Waals surface area contributed by atoms with E-state index >= 15 is 4.39 Å². The van der Waals surface area contributed by atoms with Crippen molar-refractivity contribution in [3.8, 4) is 17.1 Å². The van der Waals surface area contributed by atoms with Crippen molar-refractivity contribution in [2.75, 3.05) is 12.0 Å². The zero-order valence-electron chi connectivity index (χ0n) is 22.1. The topological polar surface area (TPSA) is 93.5 Å². The number of anilines is 1. The number of aliphatic hydroxyl groups excluding tert-OH is 1. The third-order valence-electron chi connectivity index (χ3n) is 6.99. The Morgan fingerprint density at radius 3 is 2.21 bits per heavy atom. The lowest BCUT2D eigenvalue weighted by Gasteiger charge is -2.71. The van der Waals surface area contributed by atoms with Crippen LogP contribution in [-0.2, 0) is 4.74 Å². The molecule has 5 rings (SSSR count).